The summed E-state index contributed by atoms with van der Waals surface area (Å²) in [5.41, 5.74) is 2.35. The van der Waals surface area contributed by atoms with Gasteiger partial charge in [0.05, 0.1) is 58.5 Å². The fourth-order valence-corrected chi connectivity index (χ4v) is 6.64. The van der Waals surface area contributed by atoms with E-state index in [4.69, 9.17) is 23.7 Å². The largest absolute Gasteiger partial charge is 0.497 e. The third kappa shape index (κ3) is 7.06. The molecule has 0 aliphatic carbocycles. The number of fused-ring (bicyclic) bond motifs is 2. The third-order valence-corrected chi connectivity index (χ3v) is 8.89. The van der Waals surface area contributed by atoms with Crippen molar-refractivity contribution in [3.05, 3.63) is 60.2 Å². The first kappa shape index (κ1) is 31.5. The summed E-state index contributed by atoms with van der Waals surface area (Å²) >= 11 is 1.71. The van der Waals surface area contributed by atoms with Crippen LogP contribution in [0, 0.1) is 0 Å². The molecule has 234 valence electrons. The van der Waals surface area contributed by atoms with Crippen LogP contribution in [0.15, 0.2) is 64.4 Å². The number of hydrogen-bond donors (Lipinski definition) is 0. The Hall–Kier alpha value is -3.93. The Morgan fingerprint density at radius 2 is 1.43 bits per heavy atom. The number of Topliss-reactive ketones (excluding diaryl/α,β-unsaturated/α-hetero) is 1. The number of rotatable bonds is 12. The second kappa shape index (κ2) is 14.2. The lowest BCUT2D eigenvalue weighted by Crippen LogP contribution is -2.50. The fraction of sp³-hybridized carbons (Fsp3) is 0.394. The van der Waals surface area contributed by atoms with Crippen LogP contribution in [0.4, 0.5) is 11.4 Å². The Morgan fingerprint density at radius 1 is 0.773 bits per heavy atom. The topological polar surface area (TPSA) is 90.0 Å². The van der Waals surface area contributed by atoms with Gasteiger partial charge in [0.1, 0.15) is 11.9 Å². The minimum atomic E-state index is -0.460. The molecule has 44 heavy (non-hydrogen) atoms. The second-order valence-corrected chi connectivity index (χ2v) is 11.8. The Balaban J connectivity index is 1.13. The van der Waals surface area contributed by atoms with Gasteiger partial charge in [0.15, 0.2) is 17.3 Å². The zero-order valence-corrected chi connectivity index (χ0v) is 26.6. The lowest BCUT2D eigenvalue weighted by atomic mass is 10.1. The molecule has 0 N–H and O–H groups in total. The van der Waals surface area contributed by atoms with Crippen molar-refractivity contribution in [1.29, 1.82) is 0 Å². The van der Waals surface area contributed by atoms with Crippen LogP contribution in [0.25, 0.3) is 0 Å². The van der Waals surface area contributed by atoms with Crippen LogP contribution in [-0.4, -0.2) is 102 Å². The maximum absolute atomic E-state index is 13.4. The molecule has 1 saturated heterocycles. The van der Waals surface area contributed by atoms with Gasteiger partial charge in [-0.15, -0.1) is 0 Å². The minimum absolute atomic E-state index is 0.154. The first-order chi connectivity index (χ1) is 21.3. The standard InChI is InChI=1S/C33H39N3O7S/c1-22(43-33(38)23-16-28(40-3)32(42-5)29(17-23)41-4)19-34-12-14-35(15-13-34)20-24(37)21-36-26-8-6-7-9-30(26)44-31-11-10-25(39-2)18-27(31)36/h6-11,16-18,22H,12-15,19-21H2,1-5H3. The summed E-state index contributed by atoms with van der Waals surface area (Å²) in [6.45, 7) is 6.22. The highest BCUT2D eigenvalue weighted by Gasteiger charge is 2.28. The van der Waals surface area contributed by atoms with Crippen LogP contribution in [-0.2, 0) is 9.53 Å². The van der Waals surface area contributed by atoms with Crippen LogP contribution in [0.1, 0.15) is 17.3 Å². The number of ether oxygens (including phenoxy) is 5. The number of methoxy groups -OCH3 is 4. The van der Waals surface area contributed by atoms with Crippen molar-refractivity contribution in [1.82, 2.24) is 9.80 Å². The third-order valence-electron chi connectivity index (χ3n) is 7.76. The van der Waals surface area contributed by atoms with Crippen molar-refractivity contribution in [2.45, 2.75) is 22.8 Å². The molecule has 0 saturated carbocycles. The summed E-state index contributed by atoms with van der Waals surface area (Å²) < 4.78 is 27.3. The molecule has 3 aromatic carbocycles. The number of anilines is 2. The molecule has 1 fully saturated rings. The average molecular weight is 622 g/mol. The van der Waals surface area contributed by atoms with E-state index in [0.29, 0.717) is 35.9 Å². The summed E-state index contributed by atoms with van der Waals surface area (Å²) in [6.07, 6.45) is -0.330. The molecule has 0 radical (unpaired) electrons. The van der Waals surface area contributed by atoms with E-state index in [2.05, 4.69) is 32.9 Å². The number of ketones is 1. The van der Waals surface area contributed by atoms with Gasteiger partial charge in [-0.3, -0.25) is 14.6 Å². The maximum Gasteiger partial charge on any atom is 0.338 e. The van der Waals surface area contributed by atoms with Crippen molar-refractivity contribution in [2.24, 2.45) is 0 Å². The van der Waals surface area contributed by atoms with E-state index in [1.807, 2.05) is 31.2 Å². The van der Waals surface area contributed by atoms with E-state index in [9.17, 15) is 9.59 Å². The molecule has 0 aromatic heterocycles. The van der Waals surface area contributed by atoms with Crippen molar-refractivity contribution >= 4 is 34.9 Å². The van der Waals surface area contributed by atoms with Crippen molar-refractivity contribution in [3.63, 3.8) is 0 Å². The summed E-state index contributed by atoms with van der Waals surface area (Å²) in [5.74, 6) is 1.66. The number of para-hydroxylation sites is 1. The number of carbonyl (C=O) groups is 2. The van der Waals surface area contributed by atoms with Gasteiger partial charge in [-0.05, 0) is 43.3 Å². The summed E-state index contributed by atoms with van der Waals surface area (Å²) in [6, 6.07) is 17.4. The molecule has 11 heteroatoms. The molecule has 5 rings (SSSR count). The molecule has 0 bridgehead atoms. The Labute approximate surface area is 262 Å². The zero-order valence-electron chi connectivity index (χ0n) is 25.8. The molecule has 0 amide bonds. The van der Waals surface area contributed by atoms with Crippen molar-refractivity contribution in [3.8, 4) is 23.0 Å². The lowest BCUT2D eigenvalue weighted by molar-refractivity contribution is -0.119. The molecule has 1 unspecified atom stereocenters. The van der Waals surface area contributed by atoms with E-state index in [1.54, 1.807) is 31.0 Å². The molecule has 2 heterocycles. The van der Waals surface area contributed by atoms with Crippen molar-refractivity contribution < 1.29 is 33.3 Å². The van der Waals surface area contributed by atoms with Gasteiger partial charge in [0.25, 0.3) is 0 Å². The SMILES string of the molecule is COc1ccc2c(c1)N(CC(=O)CN1CCN(CC(C)OC(=O)c3cc(OC)c(OC)c(OC)c3)CC1)c1ccccc1S2. The second-order valence-electron chi connectivity index (χ2n) is 10.7. The van der Waals surface area contributed by atoms with E-state index >= 15 is 0 Å². The minimum Gasteiger partial charge on any atom is -0.497 e. The predicted molar refractivity (Wildman–Crippen MR) is 169 cm³/mol. The van der Waals surface area contributed by atoms with E-state index in [0.717, 1.165) is 53.1 Å². The highest BCUT2D eigenvalue weighted by Crippen LogP contribution is 2.49. The normalized spacial score (nSPS) is 15.5. The predicted octanol–water partition coefficient (Wildman–Crippen LogP) is 4.76. The Kier molecular flexibility index (Phi) is 10.2. The molecular weight excluding hydrogens is 582 g/mol. The molecule has 1 atom stereocenters. The zero-order chi connectivity index (χ0) is 31.2. The number of nitrogens with zero attached hydrogens (tertiary/aromatic N) is 3. The lowest BCUT2D eigenvalue weighted by Gasteiger charge is -2.36. The highest BCUT2D eigenvalue weighted by atomic mass is 32.2. The Bertz CT molecular complexity index is 1470. The molecule has 0 spiro atoms. The van der Waals surface area contributed by atoms with E-state index in [1.165, 1.54) is 21.3 Å². The number of carbonyl (C=O) groups excluding carboxylic acids is 2. The van der Waals surface area contributed by atoms with Crippen LogP contribution in [0.5, 0.6) is 23.0 Å². The average Bonchev–Trinajstić information content (AvgIpc) is 3.04. The molecule has 3 aromatic rings. The van der Waals surface area contributed by atoms with Crippen LogP contribution >= 0.6 is 11.8 Å². The van der Waals surface area contributed by atoms with E-state index < -0.39 is 5.97 Å². The van der Waals surface area contributed by atoms with Crippen molar-refractivity contribution in [2.75, 3.05) is 79.2 Å². The first-order valence-electron chi connectivity index (χ1n) is 14.5. The van der Waals surface area contributed by atoms with Crippen LogP contribution in [0.3, 0.4) is 0 Å². The number of hydrogen-bond acceptors (Lipinski definition) is 11. The van der Waals surface area contributed by atoms with Gasteiger partial charge in [0.2, 0.25) is 5.75 Å². The highest BCUT2D eigenvalue weighted by molar-refractivity contribution is 7.99. The molecule has 2 aliphatic rings. The molecule has 10 nitrogen and oxygen atoms in total. The van der Waals surface area contributed by atoms with Gasteiger partial charge in [-0.25, -0.2) is 4.79 Å². The van der Waals surface area contributed by atoms with Gasteiger partial charge in [-0.2, -0.15) is 0 Å². The summed E-state index contributed by atoms with van der Waals surface area (Å²) in [4.78, 5) is 35.1. The fourth-order valence-electron chi connectivity index (χ4n) is 5.56. The quantitative estimate of drug-likeness (QED) is 0.263. The number of esters is 1. The number of piperazine rings is 1. The summed E-state index contributed by atoms with van der Waals surface area (Å²) in [5, 5.41) is 0. The monoisotopic (exact) mass is 621 g/mol. The first-order valence-corrected chi connectivity index (χ1v) is 15.3. The number of benzene rings is 3. The summed E-state index contributed by atoms with van der Waals surface area (Å²) in [7, 11) is 6.18. The molecule has 2 aliphatic heterocycles. The molecular formula is C33H39N3O7S. The Morgan fingerprint density at radius 3 is 2.09 bits per heavy atom. The maximum atomic E-state index is 13.4. The van der Waals surface area contributed by atoms with Gasteiger partial charge < -0.3 is 28.6 Å². The smallest absolute Gasteiger partial charge is 0.338 e. The van der Waals surface area contributed by atoms with Crippen LogP contribution in [0.2, 0.25) is 0 Å². The van der Waals surface area contributed by atoms with Gasteiger partial charge in [-0.1, -0.05) is 23.9 Å². The van der Waals surface area contributed by atoms with Gasteiger partial charge >= 0.3 is 5.97 Å². The van der Waals surface area contributed by atoms with Gasteiger partial charge in [0, 0.05) is 48.6 Å². The van der Waals surface area contributed by atoms with E-state index in [-0.39, 0.29) is 18.4 Å². The van der Waals surface area contributed by atoms with Crippen LogP contribution < -0.4 is 23.8 Å².